The van der Waals surface area contributed by atoms with E-state index in [1.165, 1.54) is 0 Å². The van der Waals surface area contributed by atoms with Gasteiger partial charge in [-0.1, -0.05) is 6.07 Å². The quantitative estimate of drug-likeness (QED) is 0.559. The number of hydrogen-bond acceptors (Lipinski definition) is 4. The minimum atomic E-state index is -1.31. The first-order valence-electron chi connectivity index (χ1n) is 5.57. The van der Waals surface area contributed by atoms with Gasteiger partial charge in [-0.15, -0.1) is 11.3 Å². The average Bonchev–Trinajstić information content (AvgIpc) is 2.80. The van der Waals surface area contributed by atoms with E-state index in [4.69, 9.17) is 10.8 Å². The lowest BCUT2D eigenvalue weighted by molar-refractivity contribution is -0.140. The van der Waals surface area contributed by atoms with Crippen molar-refractivity contribution in [2.24, 2.45) is 5.73 Å². The molecule has 8 heteroatoms. The van der Waals surface area contributed by atoms with Gasteiger partial charge in [-0.25, -0.2) is 9.59 Å². The molecule has 0 saturated carbocycles. The highest BCUT2D eigenvalue weighted by Gasteiger charge is 2.21. The van der Waals surface area contributed by atoms with E-state index in [-0.39, 0.29) is 0 Å². The topological polar surface area (TPSA) is 122 Å². The van der Waals surface area contributed by atoms with Crippen molar-refractivity contribution in [3.63, 3.8) is 0 Å². The highest BCUT2D eigenvalue weighted by molar-refractivity contribution is 7.09. The second-order valence-electron chi connectivity index (χ2n) is 3.79. The van der Waals surface area contributed by atoms with Crippen LogP contribution in [0.5, 0.6) is 0 Å². The van der Waals surface area contributed by atoms with Crippen molar-refractivity contribution in [1.29, 1.82) is 0 Å². The molecule has 0 aliphatic rings. The van der Waals surface area contributed by atoms with Crippen LogP contribution < -0.4 is 16.4 Å². The monoisotopic (exact) mass is 285 g/mol. The van der Waals surface area contributed by atoms with Gasteiger partial charge < -0.3 is 21.5 Å². The van der Waals surface area contributed by atoms with E-state index in [0.717, 1.165) is 4.88 Å². The zero-order valence-electron chi connectivity index (χ0n) is 10.1. The van der Waals surface area contributed by atoms with Gasteiger partial charge in [0.05, 0.1) is 6.42 Å². The van der Waals surface area contributed by atoms with Gasteiger partial charge in [0, 0.05) is 11.4 Å². The van der Waals surface area contributed by atoms with E-state index in [0.29, 0.717) is 13.0 Å². The van der Waals surface area contributed by atoms with Gasteiger partial charge >= 0.3 is 12.0 Å². The summed E-state index contributed by atoms with van der Waals surface area (Å²) in [4.78, 5) is 34.0. The molecule has 0 aromatic carbocycles. The molecule has 1 aromatic heterocycles. The molecule has 1 heterocycles. The number of hydrogen-bond donors (Lipinski definition) is 4. The fraction of sp³-hybridized carbons (Fsp3) is 0.364. The Morgan fingerprint density at radius 3 is 2.68 bits per heavy atom. The van der Waals surface area contributed by atoms with E-state index in [1.54, 1.807) is 11.3 Å². The van der Waals surface area contributed by atoms with Crippen molar-refractivity contribution in [3.05, 3.63) is 22.4 Å². The van der Waals surface area contributed by atoms with Crippen molar-refractivity contribution < 1.29 is 19.5 Å². The number of primary amides is 1. The zero-order chi connectivity index (χ0) is 14.3. The lowest BCUT2D eigenvalue weighted by atomic mass is 10.2. The maximum absolute atomic E-state index is 11.4. The number of thiophene rings is 1. The fourth-order valence-corrected chi connectivity index (χ4v) is 2.07. The number of nitrogens with one attached hydrogen (secondary N) is 2. The van der Waals surface area contributed by atoms with Crippen molar-refractivity contribution in [2.45, 2.75) is 18.9 Å². The second-order valence-corrected chi connectivity index (χ2v) is 4.82. The number of aliphatic carboxylic acids is 1. The van der Waals surface area contributed by atoms with E-state index >= 15 is 0 Å². The molecule has 104 valence electrons. The minimum absolute atomic E-state index is 0.384. The summed E-state index contributed by atoms with van der Waals surface area (Å²) in [5.74, 6) is -2.08. The Kier molecular flexibility index (Phi) is 5.80. The van der Waals surface area contributed by atoms with E-state index < -0.39 is 30.4 Å². The van der Waals surface area contributed by atoms with Gasteiger partial charge in [-0.05, 0) is 17.9 Å². The molecule has 3 amide bonds. The summed E-state index contributed by atoms with van der Waals surface area (Å²) in [6, 6.07) is 1.91. The third kappa shape index (κ3) is 5.87. The minimum Gasteiger partial charge on any atom is -0.480 e. The Morgan fingerprint density at radius 1 is 1.42 bits per heavy atom. The van der Waals surface area contributed by atoms with Crippen LogP contribution in [0.15, 0.2) is 17.5 Å². The van der Waals surface area contributed by atoms with Crippen LogP contribution in [-0.2, 0) is 16.0 Å². The summed E-state index contributed by atoms with van der Waals surface area (Å²) >= 11 is 1.57. The van der Waals surface area contributed by atoms with Crippen LogP contribution >= 0.6 is 11.3 Å². The molecule has 0 radical (unpaired) electrons. The Bertz CT molecular complexity index is 447. The van der Waals surface area contributed by atoms with E-state index in [2.05, 4.69) is 10.6 Å². The van der Waals surface area contributed by atoms with Crippen LogP contribution in [0.4, 0.5) is 4.79 Å². The number of rotatable bonds is 7. The van der Waals surface area contributed by atoms with E-state index in [9.17, 15) is 14.4 Å². The van der Waals surface area contributed by atoms with Gasteiger partial charge in [-0.3, -0.25) is 4.79 Å². The smallest absolute Gasteiger partial charge is 0.326 e. The van der Waals surface area contributed by atoms with Gasteiger partial charge in [0.1, 0.15) is 6.04 Å². The summed E-state index contributed by atoms with van der Waals surface area (Å²) < 4.78 is 0. The Balaban J connectivity index is 2.32. The first-order valence-corrected chi connectivity index (χ1v) is 6.45. The van der Waals surface area contributed by atoms with Gasteiger partial charge in [0.15, 0.2) is 0 Å². The van der Waals surface area contributed by atoms with Crippen LogP contribution in [0.2, 0.25) is 0 Å². The maximum Gasteiger partial charge on any atom is 0.326 e. The third-order valence-corrected chi connectivity index (χ3v) is 3.18. The molecule has 0 aliphatic carbocycles. The molecular weight excluding hydrogens is 270 g/mol. The summed E-state index contributed by atoms with van der Waals surface area (Å²) in [5, 5.41) is 15.4. The van der Waals surface area contributed by atoms with Crippen molar-refractivity contribution in [1.82, 2.24) is 10.6 Å². The lowest BCUT2D eigenvalue weighted by Crippen LogP contribution is -2.48. The number of amides is 3. The molecule has 1 aromatic rings. The molecule has 5 N–H and O–H groups in total. The third-order valence-electron chi connectivity index (χ3n) is 2.25. The SMILES string of the molecule is NC(=O)C[C@H](NC(=O)NCCc1cccs1)C(=O)O. The first-order chi connectivity index (χ1) is 8.99. The van der Waals surface area contributed by atoms with Gasteiger partial charge in [0.2, 0.25) is 5.91 Å². The second kappa shape index (κ2) is 7.37. The molecule has 0 spiro atoms. The molecule has 1 rings (SSSR count). The van der Waals surface area contributed by atoms with Gasteiger partial charge in [0.25, 0.3) is 0 Å². The fourth-order valence-electron chi connectivity index (χ4n) is 1.36. The van der Waals surface area contributed by atoms with Crippen molar-refractivity contribution >= 4 is 29.2 Å². The lowest BCUT2D eigenvalue weighted by Gasteiger charge is -2.13. The normalized spacial score (nSPS) is 11.6. The number of carboxylic acids is 1. The Labute approximate surface area is 113 Å². The summed E-state index contributed by atoms with van der Waals surface area (Å²) in [7, 11) is 0. The summed E-state index contributed by atoms with van der Waals surface area (Å²) in [5.41, 5.74) is 4.90. The maximum atomic E-state index is 11.4. The number of carbonyl (C=O) groups is 3. The number of carboxylic acid groups (broad SMARTS) is 1. The zero-order valence-corrected chi connectivity index (χ0v) is 10.9. The van der Waals surface area contributed by atoms with Gasteiger partial charge in [-0.2, -0.15) is 0 Å². The number of nitrogens with two attached hydrogens (primary N) is 1. The molecule has 0 fully saturated rings. The molecule has 19 heavy (non-hydrogen) atoms. The predicted octanol–water partition coefficient (Wildman–Crippen LogP) is -0.0816. The molecule has 1 atom stereocenters. The summed E-state index contributed by atoms with van der Waals surface area (Å²) in [6.45, 7) is 0.384. The molecule has 0 bridgehead atoms. The van der Waals surface area contributed by atoms with Crippen LogP contribution in [0.25, 0.3) is 0 Å². The molecule has 7 nitrogen and oxygen atoms in total. The van der Waals surface area contributed by atoms with Crippen LogP contribution in [0.1, 0.15) is 11.3 Å². The Morgan fingerprint density at radius 2 is 2.16 bits per heavy atom. The molecule has 0 saturated heterocycles. The first kappa shape index (κ1) is 15.0. The average molecular weight is 285 g/mol. The highest BCUT2D eigenvalue weighted by Crippen LogP contribution is 2.07. The van der Waals surface area contributed by atoms with Crippen molar-refractivity contribution in [2.75, 3.05) is 6.54 Å². The number of carbonyl (C=O) groups excluding carboxylic acids is 2. The van der Waals surface area contributed by atoms with Crippen LogP contribution in [0, 0.1) is 0 Å². The molecular formula is C11H15N3O4S. The standard InChI is InChI=1S/C11H15N3O4S/c12-9(15)6-8(10(16)17)14-11(18)13-4-3-7-2-1-5-19-7/h1-2,5,8H,3-4,6H2,(H2,12,15)(H,16,17)(H2,13,14,18)/t8-/m0/s1. The van der Waals surface area contributed by atoms with Crippen molar-refractivity contribution in [3.8, 4) is 0 Å². The molecule has 0 unspecified atom stereocenters. The predicted molar refractivity (Wildman–Crippen MR) is 69.8 cm³/mol. The summed E-state index contributed by atoms with van der Waals surface area (Å²) in [6.07, 6.45) is 0.228. The Hall–Kier alpha value is -2.09. The van der Waals surface area contributed by atoms with E-state index in [1.807, 2.05) is 17.5 Å². The van der Waals surface area contributed by atoms with Crippen LogP contribution in [-0.4, -0.2) is 35.6 Å². The van der Waals surface area contributed by atoms with Crippen LogP contribution in [0.3, 0.4) is 0 Å². The molecule has 0 aliphatic heterocycles. The highest BCUT2D eigenvalue weighted by atomic mass is 32.1. The number of urea groups is 1. The largest absolute Gasteiger partial charge is 0.480 e.